The van der Waals surface area contributed by atoms with E-state index >= 15 is 0 Å². The molecule has 0 saturated carbocycles. The molecule has 44 heavy (non-hydrogen) atoms. The number of benzene rings is 4. The Morgan fingerprint density at radius 1 is 0.977 bits per heavy atom. The normalized spacial score (nSPS) is 11.7. The van der Waals surface area contributed by atoms with Crippen molar-refractivity contribution >= 4 is 28.5 Å². The van der Waals surface area contributed by atoms with Crippen LogP contribution >= 0.6 is 0 Å². The van der Waals surface area contributed by atoms with Gasteiger partial charge in [-0.25, -0.2) is 4.79 Å². The lowest BCUT2D eigenvalue weighted by molar-refractivity contribution is -0.384. The Morgan fingerprint density at radius 3 is 2.41 bits per heavy atom. The third-order valence-corrected chi connectivity index (χ3v) is 7.79. The van der Waals surface area contributed by atoms with Gasteiger partial charge in [0.25, 0.3) is 11.6 Å². The fraction of sp³-hybridized carbons (Fsp3) is 0.222. The second-order valence-electron chi connectivity index (χ2n) is 10.9. The lowest BCUT2D eigenvalue weighted by atomic mass is 9.98. The number of nitrogens with one attached hydrogen (secondary N) is 1. The molecule has 4 aromatic carbocycles. The summed E-state index contributed by atoms with van der Waals surface area (Å²) in [5.74, 6) is -0.517. The number of fused-ring (bicyclic) bond motifs is 1. The highest BCUT2D eigenvalue weighted by Crippen LogP contribution is 2.27. The fourth-order valence-corrected chi connectivity index (χ4v) is 5.28. The van der Waals surface area contributed by atoms with Crippen LogP contribution in [0.25, 0.3) is 22.0 Å². The Hall–Kier alpha value is -5.24. The summed E-state index contributed by atoms with van der Waals surface area (Å²) in [5, 5.41) is 14.9. The summed E-state index contributed by atoms with van der Waals surface area (Å²) in [5.41, 5.74) is 6.88. The molecule has 0 bridgehead atoms. The van der Waals surface area contributed by atoms with E-state index in [1.165, 1.54) is 12.1 Å². The summed E-state index contributed by atoms with van der Waals surface area (Å²) in [7, 11) is 0. The molecular weight excluding hydrogens is 554 g/mol. The molecule has 0 radical (unpaired) electrons. The first-order valence-corrected chi connectivity index (χ1v) is 14.7. The standard InChI is InChI=1S/C36H35N3O5/c1-4-5-20-44-36(41)32-9-7-6-8-31(32)28-12-10-26(11-13-28)23-38-22-24(2)33-21-29(16-19-34(33)38)35(40)37-25(3)27-14-17-30(18-15-27)39(42)43/h6-19,21-22,25H,4-5,20,23H2,1-3H3,(H,37,40)/t25-/m0/s1. The van der Waals surface area contributed by atoms with Gasteiger partial charge in [-0.3, -0.25) is 14.9 Å². The molecule has 1 aromatic heterocycles. The highest BCUT2D eigenvalue weighted by molar-refractivity contribution is 5.99. The van der Waals surface area contributed by atoms with E-state index in [-0.39, 0.29) is 23.6 Å². The van der Waals surface area contributed by atoms with Crippen molar-refractivity contribution in [2.24, 2.45) is 0 Å². The first-order chi connectivity index (χ1) is 21.2. The van der Waals surface area contributed by atoms with Gasteiger partial charge in [-0.15, -0.1) is 0 Å². The van der Waals surface area contributed by atoms with Crippen LogP contribution in [-0.4, -0.2) is 28.0 Å². The number of rotatable bonds is 11. The third kappa shape index (κ3) is 6.70. The largest absolute Gasteiger partial charge is 0.462 e. The van der Waals surface area contributed by atoms with Crippen LogP contribution in [0.2, 0.25) is 0 Å². The highest BCUT2D eigenvalue weighted by atomic mass is 16.6. The molecule has 0 aliphatic carbocycles. The van der Waals surface area contributed by atoms with E-state index in [0.717, 1.165) is 51.6 Å². The molecular formula is C36H35N3O5. The summed E-state index contributed by atoms with van der Waals surface area (Å²) in [6.45, 7) is 7.00. The molecule has 0 spiro atoms. The monoisotopic (exact) mass is 589 g/mol. The molecule has 8 nitrogen and oxygen atoms in total. The number of unbranched alkanes of at least 4 members (excludes halogenated alkanes) is 1. The van der Waals surface area contributed by atoms with Gasteiger partial charge in [0.05, 0.1) is 23.1 Å². The predicted octanol–water partition coefficient (Wildman–Crippen LogP) is 8.02. The summed E-state index contributed by atoms with van der Waals surface area (Å²) < 4.78 is 7.63. The van der Waals surface area contributed by atoms with Crippen molar-refractivity contribution in [3.63, 3.8) is 0 Å². The molecule has 1 N–H and O–H groups in total. The van der Waals surface area contributed by atoms with E-state index in [9.17, 15) is 19.7 Å². The minimum absolute atomic E-state index is 0.0127. The summed E-state index contributed by atoms with van der Waals surface area (Å²) in [6, 6.07) is 27.3. The number of aromatic nitrogens is 1. The molecule has 224 valence electrons. The van der Waals surface area contributed by atoms with Gasteiger partial charge in [0.1, 0.15) is 0 Å². The lowest BCUT2D eigenvalue weighted by Crippen LogP contribution is -2.26. The van der Waals surface area contributed by atoms with Crippen LogP contribution in [0.1, 0.15) is 70.1 Å². The Balaban J connectivity index is 1.29. The molecule has 1 amide bonds. The van der Waals surface area contributed by atoms with Gasteiger partial charge >= 0.3 is 5.97 Å². The van der Waals surface area contributed by atoms with E-state index in [1.807, 2.05) is 62.4 Å². The zero-order valence-corrected chi connectivity index (χ0v) is 25.1. The number of nitro groups is 1. The minimum Gasteiger partial charge on any atom is -0.462 e. The number of aryl methyl sites for hydroxylation is 1. The molecule has 5 aromatic rings. The Labute approximate surface area is 256 Å². The number of carbonyl (C=O) groups excluding carboxylic acids is 2. The number of amides is 1. The fourth-order valence-electron chi connectivity index (χ4n) is 5.28. The van der Waals surface area contributed by atoms with Crippen LogP contribution in [-0.2, 0) is 11.3 Å². The predicted molar refractivity (Wildman–Crippen MR) is 172 cm³/mol. The van der Waals surface area contributed by atoms with Crippen LogP contribution < -0.4 is 5.32 Å². The Kier molecular flexibility index (Phi) is 9.19. The SMILES string of the molecule is CCCCOC(=O)c1ccccc1-c1ccc(Cn2cc(C)c3cc(C(=O)N[C@@H](C)c4ccc([N+](=O)[O-])cc4)ccc32)cc1. The van der Waals surface area contributed by atoms with Crippen molar-refractivity contribution in [3.05, 3.63) is 135 Å². The molecule has 0 fully saturated rings. The number of non-ortho nitro benzene ring substituents is 1. The number of hydrogen-bond donors (Lipinski definition) is 1. The molecule has 0 saturated heterocycles. The van der Waals surface area contributed by atoms with Crippen molar-refractivity contribution in [2.45, 2.75) is 46.2 Å². The van der Waals surface area contributed by atoms with Gasteiger partial charge in [0.2, 0.25) is 0 Å². The Bertz CT molecular complexity index is 1810. The molecule has 5 rings (SSSR count). The second kappa shape index (κ2) is 13.4. The van der Waals surface area contributed by atoms with Crippen LogP contribution in [0.15, 0.2) is 97.2 Å². The quantitative estimate of drug-likeness (QED) is 0.0727. The molecule has 0 aliphatic heterocycles. The highest BCUT2D eigenvalue weighted by Gasteiger charge is 2.16. The van der Waals surface area contributed by atoms with E-state index < -0.39 is 4.92 Å². The maximum Gasteiger partial charge on any atom is 0.338 e. The summed E-state index contributed by atoms with van der Waals surface area (Å²) in [6.07, 6.45) is 3.89. The van der Waals surface area contributed by atoms with Crippen LogP contribution in [0.4, 0.5) is 5.69 Å². The number of hydrogen-bond acceptors (Lipinski definition) is 5. The average Bonchev–Trinajstić information content (AvgIpc) is 3.35. The number of nitrogens with zero attached hydrogens (tertiary/aromatic N) is 2. The maximum absolute atomic E-state index is 13.1. The van der Waals surface area contributed by atoms with Crippen molar-refractivity contribution in [2.75, 3.05) is 6.61 Å². The molecule has 0 aliphatic rings. The molecule has 1 atom stereocenters. The van der Waals surface area contributed by atoms with E-state index in [2.05, 4.69) is 35.1 Å². The smallest absolute Gasteiger partial charge is 0.338 e. The zero-order chi connectivity index (χ0) is 31.2. The second-order valence-corrected chi connectivity index (χ2v) is 10.9. The number of esters is 1. The van der Waals surface area contributed by atoms with Crippen molar-refractivity contribution in [1.82, 2.24) is 9.88 Å². The topological polar surface area (TPSA) is 103 Å². The zero-order valence-electron chi connectivity index (χ0n) is 25.1. The van der Waals surface area contributed by atoms with Gasteiger partial charge in [-0.05, 0) is 72.4 Å². The third-order valence-electron chi connectivity index (χ3n) is 7.79. The van der Waals surface area contributed by atoms with E-state index in [1.54, 1.807) is 18.2 Å². The first kappa shape index (κ1) is 30.2. The van der Waals surface area contributed by atoms with Gasteiger partial charge in [-0.2, -0.15) is 0 Å². The molecule has 1 heterocycles. The van der Waals surface area contributed by atoms with E-state index in [0.29, 0.717) is 24.3 Å². The summed E-state index contributed by atoms with van der Waals surface area (Å²) in [4.78, 5) is 36.3. The number of nitro benzene ring substituents is 1. The van der Waals surface area contributed by atoms with Gasteiger partial charge in [0.15, 0.2) is 0 Å². The lowest BCUT2D eigenvalue weighted by Gasteiger charge is -2.14. The van der Waals surface area contributed by atoms with Crippen molar-refractivity contribution < 1.29 is 19.2 Å². The van der Waals surface area contributed by atoms with Crippen LogP contribution in [0.5, 0.6) is 0 Å². The molecule has 0 unspecified atom stereocenters. The molecule has 8 heteroatoms. The van der Waals surface area contributed by atoms with Gasteiger partial charge in [-0.1, -0.05) is 67.9 Å². The average molecular weight is 590 g/mol. The van der Waals surface area contributed by atoms with Crippen molar-refractivity contribution in [1.29, 1.82) is 0 Å². The van der Waals surface area contributed by atoms with E-state index in [4.69, 9.17) is 4.74 Å². The first-order valence-electron chi connectivity index (χ1n) is 14.7. The van der Waals surface area contributed by atoms with Gasteiger partial charge in [0, 0.05) is 41.3 Å². The number of carbonyl (C=O) groups is 2. The van der Waals surface area contributed by atoms with Crippen molar-refractivity contribution in [3.8, 4) is 11.1 Å². The minimum atomic E-state index is -0.443. The maximum atomic E-state index is 13.1. The number of ether oxygens (including phenoxy) is 1. The van der Waals surface area contributed by atoms with Crippen LogP contribution in [0, 0.1) is 17.0 Å². The Morgan fingerprint density at radius 2 is 1.70 bits per heavy atom. The van der Waals surface area contributed by atoms with Gasteiger partial charge < -0.3 is 14.6 Å². The summed E-state index contributed by atoms with van der Waals surface area (Å²) >= 11 is 0. The van der Waals surface area contributed by atoms with Crippen LogP contribution in [0.3, 0.4) is 0 Å².